The van der Waals surface area contributed by atoms with E-state index in [9.17, 15) is 4.79 Å². The molecule has 1 aliphatic heterocycles. The lowest BCUT2D eigenvalue weighted by Gasteiger charge is -2.28. The van der Waals surface area contributed by atoms with Gasteiger partial charge in [-0.15, -0.1) is 5.10 Å². The van der Waals surface area contributed by atoms with Crippen LogP contribution in [0.1, 0.15) is 56.8 Å². The molecule has 0 spiro atoms. The number of thioether (sulfide) groups is 1. The Morgan fingerprint density at radius 2 is 1.91 bits per heavy atom. The summed E-state index contributed by atoms with van der Waals surface area (Å²) >= 11 is 1.61. The maximum atomic E-state index is 12.7. The minimum atomic E-state index is -0.406. The van der Waals surface area contributed by atoms with Crippen molar-refractivity contribution in [1.29, 1.82) is 0 Å². The summed E-state index contributed by atoms with van der Waals surface area (Å²) in [6.07, 6.45) is 1.03. The summed E-state index contributed by atoms with van der Waals surface area (Å²) in [5.74, 6) is 2.85. The molecule has 8 heteroatoms. The monoisotopic (exact) mass is 492 g/mol. The third-order valence-electron chi connectivity index (χ3n) is 5.88. The molecular formula is C27H32N4O3S. The predicted octanol–water partition coefficient (Wildman–Crippen LogP) is 5.94. The second-order valence-corrected chi connectivity index (χ2v) is 9.55. The lowest BCUT2D eigenvalue weighted by molar-refractivity contribution is -0.114. The van der Waals surface area contributed by atoms with Crippen LogP contribution in [0.5, 0.6) is 11.5 Å². The van der Waals surface area contributed by atoms with Crippen LogP contribution in [-0.2, 0) is 11.4 Å². The number of ketones is 1. The maximum absolute atomic E-state index is 12.7. The zero-order chi connectivity index (χ0) is 24.9. The molecule has 0 fully saturated rings. The number of nitrogens with zero attached hydrogens (tertiary/aromatic N) is 3. The molecule has 184 valence electrons. The first-order valence-corrected chi connectivity index (χ1v) is 12.9. The lowest BCUT2D eigenvalue weighted by Crippen LogP contribution is -2.27. The normalized spacial score (nSPS) is 14.9. The van der Waals surface area contributed by atoms with E-state index in [0.29, 0.717) is 41.4 Å². The number of hydrogen-bond acceptors (Lipinski definition) is 7. The number of fused-ring (bicyclic) bond motifs is 1. The average Bonchev–Trinajstić information content (AvgIpc) is 3.24. The third-order valence-corrected chi connectivity index (χ3v) is 6.92. The molecule has 2 aromatic carbocycles. The van der Waals surface area contributed by atoms with E-state index in [1.807, 2.05) is 44.2 Å². The summed E-state index contributed by atoms with van der Waals surface area (Å²) in [6, 6.07) is 13.6. The van der Waals surface area contributed by atoms with Gasteiger partial charge in [-0.05, 0) is 62.9 Å². The molecule has 1 atom stereocenters. The molecule has 0 saturated heterocycles. The molecule has 1 N–H and O–H groups in total. The number of aromatic nitrogens is 3. The van der Waals surface area contributed by atoms with Gasteiger partial charge in [-0.25, -0.2) is 4.68 Å². The Labute approximate surface area is 210 Å². The minimum Gasteiger partial charge on any atom is -0.490 e. The Hall–Kier alpha value is -3.26. The van der Waals surface area contributed by atoms with Crippen LogP contribution in [0.15, 0.2) is 58.9 Å². The van der Waals surface area contributed by atoms with Gasteiger partial charge in [0.25, 0.3) is 0 Å². The highest BCUT2D eigenvalue weighted by Crippen LogP contribution is 2.40. The standard InChI is InChI=1S/C27H32N4O3S/c1-6-14-35-27-29-26-28-18(4)24(19(5)32)25(31(26)30-27)20-12-13-22(23(15-20)33-7-2)34-16-21-11-9-8-10-17(21)3/h8-13,15,25H,6-7,14,16H2,1-5H3,(H,28,29,30). The number of ether oxygens (including phenoxy) is 2. The summed E-state index contributed by atoms with van der Waals surface area (Å²) < 4.78 is 13.9. The number of rotatable bonds is 10. The van der Waals surface area contributed by atoms with Crippen molar-refractivity contribution in [2.75, 3.05) is 17.7 Å². The Morgan fingerprint density at radius 3 is 2.63 bits per heavy atom. The molecule has 4 rings (SSSR count). The molecular weight excluding hydrogens is 460 g/mol. The number of aryl methyl sites for hydroxylation is 1. The van der Waals surface area contributed by atoms with Crippen molar-refractivity contribution in [3.8, 4) is 11.5 Å². The first kappa shape index (κ1) is 24.9. The SMILES string of the molecule is CCCSc1nc2n(n1)C(c1ccc(OCc3ccccc3C)c(OCC)c1)C(C(C)=O)=C(C)N2. The Kier molecular flexibility index (Phi) is 7.80. The molecule has 0 amide bonds. The van der Waals surface area contributed by atoms with Crippen molar-refractivity contribution >= 4 is 23.5 Å². The van der Waals surface area contributed by atoms with Gasteiger partial charge in [0.2, 0.25) is 11.1 Å². The number of hydrogen-bond donors (Lipinski definition) is 1. The molecule has 1 unspecified atom stereocenters. The largest absolute Gasteiger partial charge is 0.490 e. The number of carbonyl (C=O) groups excluding carboxylic acids is 1. The zero-order valence-corrected chi connectivity index (χ0v) is 21.7. The highest BCUT2D eigenvalue weighted by atomic mass is 32.2. The van der Waals surface area contributed by atoms with Crippen molar-refractivity contribution in [2.24, 2.45) is 0 Å². The van der Waals surface area contributed by atoms with E-state index in [1.54, 1.807) is 23.4 Å². The maximum Gasteiger partial charge on any atom is 0.227 e. The summed E-state index contributed by atoms with van der Waals surface area (Å²) in [6.45, 7) is 10.6. The molecule has 2 heterocycles. The Bertz CT molecular complexity index is 1250. The molecule has 0 bridgehead atoms. The minimum absolute atomic E-state index is 0.0123. The van der Waals surface area contributed by atoms with Gasteiger partial charge in [-0.2, -0.15) is 4.98 Å². The fraction of sp³-hybridized carbons (Fsp3) is 0.370. The van der Waals surface area contributed by atoms with E-state index < -0.39 is 6.04 Å². The number of benzene rings is 2. The van der Waals surface area contributed by atoms with Gasteiger partial charge in [0, 0.05) is 17.0 Å². The number of anilines is 1. The molecule has 1 aromatic heterocycles. The molecule has 0 aliphatic carbocycles. The summed E-state index contributed by atoms with van der Waals surface area (Å²) in [5.41, 5.74) is 4.64. The van der Waals surface area contributed by atoms with Crippen LogP contribution in [0.25, 0.3) is 0 Å². The summed E-state index contributed by atoms with van der Waals surface area (Å²) in [5, 5.41) is 8.70. The van der Waals surface area contributed by atoms with Gasteiger partial charge in [-0.1, -0.05) is 49.0 Å². The van der Waals surface area contributed by atoms with Crippen LogP contribution in [-0.4, -0.2) is 32.9 Å². The number of Topliss-reactive ketones (excluding diaryl/α,β-unsaturated/α-hetero) is 1. The van der Waals surface area contributed by atoms with Crippen LogP contribution in [0.4, 0.5) is 5.95 Å². The van der Waals surface area contributed by atoms with Crippen molar-refractivity contribution in [1.82, 2.24) is 14.8 Å². The highest BCUT2D eigenvalue weighted by Gasteiger charge is 2.33. The Balaban J connectivity index is 1.71. The summed E-state index contributed by atoms with van der Waals surface area (Å²) in [4.78, 5) is 17.4. The van der Waals surface area contributed by atoms with Crippen LogP contribution in [0.3, 0.4) is 0 Å². The number of nitrogens with one attached hydrogen (secondary N) is 1. The third kappa shape index (κ3) is 5.37. The lowest BCUT2D eigenvalue weighted by atomic mass is 9.93. The van der Waals surface area contributed by atoms with Crippen molar-refractivity contribution in [2.45, 2.75) is 58.8 Å². The Morgan fingerprint density at radius 1 is 1.11 bits per heavy atom. The summed E-state index contributed by atoms with van der Waals surface area (Å²) in [7, 11) is 0. The van der Waals surface area contributed by atoms with Gasteiger partial charge in [0.05, 0.1) is 6.61 Å². The molecule has 0 radical (unpaired) electrons. The molecule has 35 heavy (non-hydrogen) atoms. The van der Waals surface area contributed by atoms with Crippen LogP contribution in [0, 0.1) is 6.92 Å². The van der Waals surface area contributed by atoms with Gasteiger partial charge in [0.15, 0.2) is 17.3 Å². The van der Waals surface area contributed by atoms with E-state index in [0.717, 1.165) is 29.0 Å². The zero-order valence-electron chi connectivity index (χ0n) is 20.9. The first-order valence-electron chi connectivity index (χ1n) is 11.9. The quantitative estimate of drug-likeness (QED) is 0.351. The molecule has 3 aromatic rings. The fourth-order valence-corrected chi connectivity index (χ4v) is 4.84. The van der Waals surface area contributed by atoms with Gasteiger partial charge < -0.3 is 14.8 Å². The first-order chi connectivity index (χ1) is 16.9. The molecule has 1 aliphatic rings. The topological polar surface area (TPSA) is 78.3 Å². The predicted molar refractivity (Wildman–Crippen MR) is 139 cm³/mol. The molecule has 0 saturated carbocycles. The van der Waals surface area contributed by atoms with Gasteiger partial charge >= 0.3 is 0 Å². The van der Waals surface area contributed by atoms with Crippen molar-refractivity contribution in [3.63, 3.8) is 0 Å². The average molecular weight is 493 g/mol. The number of allylic oxidation sites excluding steroid dienone is 2. The van der Waals surface area contributed by atoms with Gasteiger partial charge in [-0.3, -0.25) is 4.79 Å². The van der Waals surface area contributed by atoms with Crippen molar-refractivity contribution < 1.29 is 14.3 Å². The van der Waals surface area contributed by atoms with E-state index in [4.69, 9.17) is 14.6 Å². The molecule has 7 nitrogen and oxygen atoms in total. The fourth-order valence-electron chi connectivity index (χ4n) is 4.16. The van der Waals surface area contributed by atoms with Crippen LogP contribution >= 0.6 is 11.8 Å². The van der Waals surface area contributed by atoms with E-state index in [-0.39, 0.29) is 5.78 Å². The van der Waals surface area contributed by atoms with Crippen LogP contribution < -0.4 is 14.8 Å². The highest BCUT2D eigenvalue weighted by molar-refractivity contribution is 7.99. The van der Waals surface area contributed by atoms with E-state index in [2.05, 4.69) is 36.3 Å². The van der Waals surface area contributed by atoms with E-state index >= 15 is 0 Å². The second kappa shape index (κ2) is 11.0. The van der Waals surface area contributed by atoms with Crippen molar-refractivity contribution in [3.05, 3.63) is 70.4 Å². The van der Waals surface area contributed by atoms with Gasteiger partial charge in [0.1, 0.15) is 12.6 Å². The smallest absolute Gasteiger partial charge is 0.227 e. The second-order valence-electron chi connectivity index (χ2n) is 8.49. The number of carbonyl (C=O) groups is 1. The van der Waals surface area contributed by atoms with E-state index in [1.165, 1.54) is 5.56 Å². The van der Waals surface area contributed by atoms with Crippen LogP contribution in [0.2, 0.25) is 0 Å².